The minimum absolute atomic E-state index is 0.699. The van der Waals surface area contributed by atoms with Gasteiger partial charge in [-0.3, -0.25) is 9.69 Å². The number of hydrogen-bond acceptors (Lipinski definition) is 3. The summed E-state index contributed by atoms with van der Waals surface area (Å²) < 4.78 is 5.69. The first-order valence-electron chi connectivity index (χ1n) is 6.39. The second-order valence-electron chi connectivity index (χ2n) is 4.64. The summed E-state index contributed by atoms with van der Waals surface area (Å²) in [5.41, 5.74) is 1.24. The van der Waals surface area contributed by atoms with Crippen molar-refractivity contribution in [2.45, 2.75) is 6.92 Å². The van der Waals surface area contributed by atoms with Crippen LogP contribution in [0.25, 0.3) is 0 Å². The Hall–Kier alpha value is -1.55. The summed E-state index contributed by atoms with van der Waals surface area (Å²) in [6, 6.07) is 8.11. The van der Waals surface area contributed by atoms with E-state index in [-0.39, 0.29) is 0 Å². The monoisotopic (exact) mass is 248 g/mol. The quantitative estimate of drug-likeness (QED) is 0.733. The number of hydrogen-bond donors (Lipinski definition) is 0. The van der Waals surface area contributed by atoms with Crippen molar-refractivity contribution in [2.75, 3.05) is 39.3 Å². The zero-order valence-electron chi connectivity index (χ0n) is 10.8. The zero-order valence-corrected chi connectivity index (χ0v) is 10.8. The molecule has 1 fully saturated rings. The third-order valence-electron chi connectivity index (χ3n) is 3.25. The smallest absolute Gasteiger partial charge is 0.209 e. The Morgan fingerprint density at radius 1 is 1.17 bits per heavy atom. The predicted molar refractivity (Wildman–Crippen MR) is 70.8 cm³/mol. The van der Waals surface area contributed by atoms with Crippen molar-refractivity contribution < 1.29 is 9.53 Å². The summed E-state index contributed by atoms with van der Waals surface area (Å²) in [6.45, 7) is 7.22. The van der Waals surface area contributed by atoms with Crippen molar-refractivity contribution in [3.05, 3.63) is 29.8 Å². The number of nitrogens with zero attached hydrogens (tertiary/aromatic N) is 2. The van der Waals surface area contributed by atoms with Crippen LogP contribution in [0.5, 0.6) is 5.75 Å². The summed E-state index contributed by atoms with van der Waals surface area (Å²) in [5.74, 6) is 0.923. The van der Waals surface area contributed by atoms with Crippen LogP contribution in [0, 0.1) is 6.92 Å². The van der Waals surface area contributed by atoms with Crippen LogP contribution >= 0.6 is 0 Å². The Morgan fingerprint density at radius 3 is 2.44 bits per heavy atom. The van der Waals surface area contributed by atoms with E-state index in [0.717, 1.165) is 44.9 Å². The molecule has 1 saturated heterocycles. The maximum atomic E-state index is 10.6. The normalized spacial score (nSPS) is 16.6. The minimum atomic E-state index is 0.699. The molecule has 0 aromatic heterocycles. The lowest BCUT2D eigenvalue weighted by Crippen LogP contribution is -2.46. The van der Waals surface area contributed by atoms with Gasteiger partial charge < -0.3 is 9.64 Å². The third kappa shape index (κ3) is 3.74. The fourth-order valence-electron chi connectivity index (χ4n) is 2.02. The Morgan fingerprint density at radius 2 is 1.83 bits per heavy atom. The van der Waals surface area contributed by atoms with E-state index in [9.17, 15) is 4.79 Å². The molecule has 2 rings (SSSR count). The van der Waals surface area contributed by atoms with Crippen LogP contribution in [-0.4, -0.2) is 55.5 Å². The van der Waals surface area contributed by atoms with Gasteiger partial charge in [-0.2, -0.15) is 0 Å². The Balaban J connectivity index is 1.67. The molecule has 0 radical (unpaired) electrons. The zero-order chi connectivity index (χ0) is 12.8. The summed E-state index contributed by atoms with van der Waals surface area (Å²) >= 11 is 0. The van der Waals surface area contributed by atoms with Gasteiger partial charge in [-0.15, -0.1) is 0 Å². The van der Waals surface area contributed by atoms with Gasteiger partial charge >= 0.3 is 0 Å². The molecule has 0 unspecified atom stereocenters. The van der Waals surface area contributed by atoms with Crippen LogP contribution in [0.1, 0.15) is 5.56 Å². The van der Waals surface area contributed by atoms with Gasteiger partial charge in [-0.1, -0.05) is 17.7 Å². The van der Waals surface area contributed by atoms with Gasteiger partial charge in [-0.05, 0) is 19.1 Å². The van der Waals surface area contributed by atoms with Crippen molar-refractivity contribution in [3.63, 3.8) is 0 Å². The SMILES string of the molecule is Cc1ccc(OCCN2CCN(C=O)CC2)cc1. The molecule has 0 bridgehead atoms. The number of carbonyl (C=O) groups is 1. The molecule has 98 valence electrons. The van der Waals surface area contributed by atoms with E-state index in [2.05, 4.69) is 24.0 Å². The average Bonchev–Trinajstić information content (AvgIpc) is 2.42. The maximum Gasteiger partial charge on any atom is 0.209 e. The summed E-state index contributed by atoms with van der Waals surface area (Å²) in [7, 11) is 0. The number of ether oxygens (including phenoxy) is 1. The van der Waals surface area contributed by atoms with Crippen LogP contribution in [-0.2, 0) is 4.79 Å². The number of amides is 1. The van der Waals surface area contributed by atoms with E-state index < -0.39 is 0 Å². The standard InChI is InChI=1S/C14H20N2O2/c1-13-2-4-14(5-3-13)18-11-10-15-6-8-16(12-17)9-7-15/h2-5,12H,6-11H2,1H3. The van der Waals surface area contributed by atoms with Crippen LogP contribution in [0.3, 0.4) is 0 Å². The van der Waals surface area contributed by atoms with Crippen LogP contribution in [0.2, 0.25) is 0 Å². The highest BCUT2D eigenvalue weighted by molar-refractivity contribution is 5.47. The molecule has 1 amide bonds. The van der Waals surface area contributed by atoms with Crippen LogP contribution < -0.4 is 4.74 Å². The molecule has 1 aliphatic rings. The molecule has 0 spiro atoms. The minimum Gasteiger partial charge on any atom is -0.492 e. The van der Waals surface area contributed by atoms with Crippen molar-refractivity contribution in [2.24, 2.45) is 0 Å². The third-order valence-corrected chi connectivity index (χ3v) is 3.25. The molecule has 0 N–H and O–H groups in total. The fraction of sp³-hybridized carbons (Fsp3) is 0.500. The van der Waals surface area contributed by atoms with E-state index in [0.29, 0.717) is 6.61 Å². The number of rotatable bonds is 5. The first-order valence-corrected chi connectivity index (χ1v) is 6.39. The van der Waals surface area contributed by atoms with E-state index in [1.807, 2.05) is 17.0 Å². The molecule has 0 saturated carbocycles. The lowest BCUT2D eigenvalue weighted by molar-refractivity contribution is -0.119. The van der Waals surface area contributed by atoms with Gasteiger partial charge in [0.25, 0.3) is 0 Å². The van der Waals surface area contributed by atoms with Gasteiger partial charge in [0, 0.05) is 32.7 Å². The number of carbonyl (C=O) groups excluding carboxylic acids is 1. The molecule has 0 aliphatic carbocycles. The first-order chi connectivity index (χ1) is 8.78. The lowest BCUT2D eigenvalue weighted by atomic mass is 10.2. The van der Waals surface area contributed by atoms with Gasteiger partial charge in [0.05, 0.1) is 0 Å². The van der Waals surface area contributed by atoms with Crippen molar-refractivity contribution >= 4 is 6.41 Å². The van der Waals surface area contributed by atoms with E-state index in [1.54, 1.807) is 0 Å². The molecule has 4 nitrogen and oxygen atoms in total. The topological polar surface area (TPSA) is 32.8 Å². The molecular weight excluding hydrogens is 228 g/mol. The highest BCUT2D eigenvalue weighted by Crippen LogP contribution is 2.11. The van der Waals surface area contributed by atoms with Gasteiger partial charge in [0.2, 0.25) is 6.41 Å². The first kappa shape index (κ1) is 12.9. The maximum absolute atomic E-state index is 10.6. The number of benzene rings is 1. The average molecular weight is 248 g/mol. The van der Waals surface area contributed by atoms with Crippen molar-refractivity contribution in [3.8, 4) is 5.75 Å². The largest absolute Gasteiger partial charge is 0.492 e. The Kier molecular flexibility index (Phi) is 4.59. The van der Waals surface area contributed by atoms with Gasteiger partial charge in [0.1, 0.15) is 12.4 Å². The highest BCUT2D eigenvalue weighted by Gasteiger charge is 2.14. The highest BCUT2D eigenvalue weighted by atomic mass is 16.5. The number of piperazine rings is 1. The Labute approximate surface area is 108 Å². The molecule has 1 aliphatic heterocycles. The van der Waals surface area contributed by atoms with Gasteiger partial charge in [-0.25, -0.2) is 0 Å². The van der Waals surface area contributed by atoms with Crippen LogP contribution in [0.4, 0.5) is 0 Å². The number of aryl methyl sites for hydroxylation is 1. The molecule has 18 heavy (non-hydrogen) atoms. The van der Waals surface area contributed by atoms with E-state index in [4.69, 9.17) is 4.74 Å². The second kappa shape index (κ2) is 6.40. The Bertz CT molecular complexity index is 370. The second-order valence-corrected chi connectivity index (χ2v) is 4.64. The van der Waals surface area contributed by atoms with Crippen molar-refractivity contribution in [1.82, 2.24) is 9.80 Å². The molecule has 4 heteroatoms. The van der Waals surface area contributed by atoms with E-state index in [1.165, 1.54) is 5.56 Å². The molecule has 1 heterocycles. The summed E-state index contributed by atoms with van der Waals surface area (Å²) in [4.78, 5) is 14.7. The molecule has 0 atom stereocenters. The summed E-state index contributed by atoms with van der Waals surface area (Å²) in [6.07, 6.45) is 0.931. The van der Waals surface area contributed by atoms with Crippen LogP contribution in [0.15, 0.2) is 24.3 Å². The predicted octanol–water partition coefficient (Wildman–Crippen LogP) is 1.15. The van der Waals surface area contributed by atoms with Crippen molar-refractivity contribution in [1.29, 1.82) is 0 Å². The lowest BCUT2D eigenvalue weighted by Gasteiger charge is -2.32. The van der Waals surface area contributed by atoms with E-state index >= 15 is 0 Å². The molecular formula is C14H20N2O2. The molecule has 1 aromatic carbocycles. The summed E-state index contributed by atoms with van der Waals surface area (Å²) in [5, 5.41) is 0. The molecule has 1 aromatic rings. The van der Waals surface area contributed by atoms with Gasteiger partial charge in [0.15, 0.2) is 0 Å². The fourth-order valence-corrected chi connectivity index (χ4v) is 2.02.